The molecular formula is C20H27N5O8. The Hall–Kier alpha value is -4.00. The number of benzene rings is 1. The maximum atomic E-state index is 12.9. The molecular weight excluding hydrogens is 438 g/mol. The zero-order valence-electron chi connectivity index (χ0n) is 17.8. The topological polar surface area (TPSA) is 231 Å². The molecule has 0 radical (unpaired) electrons. The van der Waals surface area contributed by atoms with E-state index >= 15 is 0 Å². The van der Waals surface area contributed by atoms with Gasteiger partial charge in [-0.3, -0.25) is 24.0 Å². The van der Waals surface area contributed by atoms with Crippen molar-refractivity contribution in [3.8, 4) is 0 Å². The van der Waals surface area contributed by atoms with E-state index in [0.717, 1.165) is 0 Å². The van der Waals surface area contributed by atoms with E-state index in [1.165, 1.54) is 6.92 Å². The predicted octanol–water partition coefficient (Wildman–Crippen LogP) is -2.53. The molecule has 33 heavy (non-hydrogen) atoms. The van der Waals surface area contributed by atoms with Crippen LogP contribution >= 0.6 is 0 Å². The number of primary amides is 1. The Labute approximate surface area is 188 Å². The summed E-state index contributed by atoms with van der Waals surface area (Å²) in [4.78, 5) is 70.9. The highest BCUT2D eigenvalue weighted by molar-refractivity contribution is 5.96. The second-order valence-corrected chi connectivity index (χ2v) is 7.27. The van der Waals surface area contributed by atoms with Crippen LogP contribution < -0.4 is 27.4 Å². The van der Waals surface area contributed by atoms with Crippen LogP contribution in [0.4, 0.5) is 0 Å². The summed E-state index contributed by atoms with van der Waals surface area (Å²) in [6.07, 6.45) is -1.62. The fourth-order valence-corrected chi connectivity index (χ4v) is 2.69. The van der Waals surface area contributed by atoms with E-state index in [2.05, 4.69) is 10.6 Å². The van der Waals surface area contributed by atoms with Gasteiger partial charge in [-0.15, -0.1) is 0 Å². The van der Waals surface area contributed by atoms with Crippen LogP contribution in [0.1, 0.15) is 25.3 Å². The lowest BCUT2D eigenvalue weighted by molar-refractivity contribution is -0.144. The number of nitrogens with two attached hydrogens (primary N) is 2. The number of amides is 4. The van der Waals surface area contributed by atoms with Crippen LogP contribution in [0.5, 0.6) is 0 Å². The second kappa shape index (κ2) is 12.8. The maximum Gasteiger partial charge on any atom is 0.326 e. The van der Waals surface area contributed by atoms with Gasteiger partial charge >= 0.3 is 11.9 Å². The van der Waals surface area contributed by atoms with Gasteiger partial charge in [-0.2, -0.15) is 0 Å². The van der Waals surface area contributed by atoms with Crippen LogP contribution in [-0.4, -0.2) is 69.9 Å². The number of carboxylic acid groups (broad SMARTS) is 2. The number of aliphatic carboxylic acids is 2. The molecule has 0 aliphatic heterocycles. The fourth-order valence-electron chi connectivity index (χ4n) is 2.69. The lowest BCUT2D eigenvalue weighted by atomic mass is 10.0. The molecule has 1 aromatic carbocycles. The Balaban J connectivity index is 3.07. The molecule has 0 bridgehead atoms. The highest BCUT2D eigenvalue weighted by atomic mass is 16.4. The van der Waals surface area contributed by atoms with Crippen molar-refractivity contribution in [1.29, 1.82) is 0 Å². The highest BCUT2D eigenvalue weighted by Crippen LogP contribution is 2.06. The zero-order valence-corrected chi connectivity index (χ0v) is 17.8. The zero-order chi connectivity index (χ0) is 25.1. The lowest BCUT2D eigenvalue weighted by Gasteiger charge is -2.24. The van der Waals surface area contributed by atoms with Crippen molar-refractivity contribution in [3.05, 3.63) is 35.9 Å². The highest BCUT2D eigenvalue weighted by Gasteiger charge is 2.32. The molecule has 180 valence electrons. The largest absolute Gasteiger partial charge is 0.481 e. The third-order valence-electron chi connectivity index (χ3n) is 4.36. The quantitative estimate of drug-likeness (QED) is 0.162. The van der Waals surface area contributed by atoms with Gasteiger partial charge in [0.2, 0.25) is 23.6 Å². The van der Waals surface area contributed by atoms with Crippen molar-refractivity contribution >= 4 is 35.6 Å². The first-order chi connectivity index (χ1) is 15.4. The van der Waals surface area contributed by atoms with Crippen molar-refractivity contribution < 1.29 is 39.0 Å². The molecule has 0 saturated heterocycles. The van der Waals surface area contributed by atoms with Crippen molar-refractivity contribution in [2.45, 2.75) is 50.4 Å². The molecule has 0 aliphatic rings. The summed E-state index contributed by atoms with van der Waals surface area (Å²) in [5, 5.41) is 24.9. The van der Waals surface area contributed by atoms with E-state index in [9.17, 15) is 28.8 Å². The van der Waals surface area contributed by atoms with Gasteiger partial charge in [-0.1, -0.05) is 30.3 Å². The van der Waals surface area contributed by atoms with E-state index in [4.69, 9.17) is 21.7 Å². The minimum Gasteiger partial charge on any atom is -0.481 e. The van der Waals surface area contributed by atoms with Gasteiger partial charge < -0.3 is 37.6 Å². The molecule has 13 heteroatoms. The molecule has 0 aromatic heterocycles. The lowest BCUT2D eigenvalue weighted by Crippen LogP contribution is -2.58. The molecule has 13 nitrogen and oxygen atoms in total. The predicted molar refractivity (Wildman–Crippen MR) is 113 cm³/mol. The van der Waals surface area contributed by atoms with Gasteiger partial charge in [0.1, 0.15) is 18.1 Å². The van der Waals surface area contributed by atoms with Crippen LogP contribution in [-0.2, 0) is 35.2 Å². The van der Waals surface area contributed by atoms with E-state index < -0.39 is 72.6 Å². The number of rotatable bonds is 13. The summed E-state index contributed by atoms with van der Waals surface area (Å²) in [6.45, 7) is 1.40. The SMILES string of the molecule is CC(N)C(=O)NC(Cc1ccccc1)C(=O)NC(CC(=O)O)C(=O)NC(CC(N)=O)C(=O)O. The van der Waals surface area contributed by atoms with Gasteiger partial charge in [0.25, 0.3) is 0 Å². The van der Waals surface area contributed by atoms with E-state index in [0.29, 0.717) is 5.56 Å². The van der Waals surface area contributed by atoms with Gasteiger partial charge in [0.15, 0.2) is 0 Å². The van der Waals surface area contributed by atoms with Crippen molar-refractivity contribution in [2.75, 3.05) is 0 Å². The Morgan fingerprint density at radius 2 is 1.33 bits per heavy atom. The van der Waals surface area contributed by atoms with Crippen molar-refractivity contribution in [1.82, 2.24) is 16.0 Å². The Morgan fingerprint density at radius 3 is 1.82 bits per heavy atom. The van der Waals surface area contributed by atoms with Crippen LogP contribution in [0.25, 0.3) is 0 Å². The standard InChI is InChI=1S/C20H27N5O8/c1-10(21)17(29)23-12(7-11-5-3-2-4-6-11)18(30)24-13(9-16(27)28)19(31)25-14(20(32)33)8-15(22)26/h2-6,10,12-14H,7-9,21H2,1H3,(H2,22,26)(H,23,29)(H,24,30)(H,25,31)(H,27,28)(H,32,33). The molecule has 4 atom stereocenters. The van der Waals surface area contributed by atoms with Crippen molar-refractivity contribution in [3.63, 3.8) is 0 Å². The van der Waals surface area contributed by atoms with Crippen LogP contribution in [0.3, 0.4) is 0 Å². The number of nitrogens with one attached hydrogen (secondary N) is 3. The number of hydrogen-bond acceptors (Lipinski definition) is 7. The molecule has 1 aromatic rings. The molecule has 0 spiro atoms. The maximum absolute atomic E-state index is 12.9. The monoisotopic (exact) mass is 465 g/mol. The molecule has 0 aliphatic carbocycles. The van der Waals surface area contributed by atoms with Crippen molar-refractivity contribution in [2.24, 2.45) is 11.5 Å². The minimum absolute atomic E-state index is 0.00592. The van der Waals surface area contributed by atoms with Gasteiger partial charge in [-0.25, -0.2) is 4.79 Å². The Kier molecular flexibility index (Phi) is 10.5. The summed E-state index contributed by atoms with van der Waals surface area (Å²) in [7, 11) is 0. The molecule has 0 saturated carbocycles. The van der Waals surface area contributed by atoms with E-state index in [1.807, 2.05) is 5.32 Å². The Morgan fingerprint density at radius 1 is 0.818 bits per heavy atom. The summed E-state index contributed by atoms with van der Waals surface area (Å²) < 4.78 is 0. The normalized spacial score (nSPS) is 14.1. The number of carbonyl (C=O) groups is 6. The minimum atomic E-state index is -1.72. The average molecular weight is 465 g/mol. The third-order valence-corrected chi connectivity index (χ3v) is 4.36. The Bertz CT molecular complexity index is 890. The third kappa shape index (κ3) is 9.78. The molecule has 4 unspecified atom stereocenters. The molecule has 0 heterocycles. The smallest absolute Gasteiger partial charge is 0.326 e. The van der Waals surface area contributed by atoms with E-state index in [-0.39, 0.29) is 6.42 Å². The molecule has 9 N–H and O–H groups in total. The molecule has 1 rings (SSSR count). The number of hydrogen-bond donors (Lipinski definition) is 7. The first-order valence-electron chi connectivity index (χ1n) is 9.84. The summed E-state index contributed by atoms with van der Waals surface area (Å²) >= 11 is 0. The average Bonchev–Trinajstić information content (AvgIpc) is 2.72. The first-order valence-corrected chi connectivity index (χ1v) is 9.84. The second-order valence-electron chi connectivity index (χ2n) is 7.27. The van der Waals surface area contributed by atoms with Gasteiger partial charge in [0, 0.05) is 6.42 Å². The fraction of sp³-hybridized carbons (Fsp3) is 0.400. The van der Waals surface area contributed by atoms with Gasteiger partial charge in [-0.05, 0) is 12.5 Å². The van der Waals surface area contributed by atoms with E-state index in [1.54, 1.807) is 30.3 Å². The van der Waals surface area contributed by atoms with Crippen LogP contribution in [0.15, 0.2) is 30.3 Å². The molecule has 4 amide bonds. The number of carboxylic acids is 2. The summed E-state index contributed by atoms with van der Waals surface area (Å²) in [5.41, 5.74) is 11.2. The summed E-state index contributed by atoms with van der Waals surface area (Å²) in [6, 6.07) is 2.98. The first kappa shape index (κ1) is 27.0. The number of carbonyl (C=O) groups excluding carboxylic acids is 4. The van der Waals surface area contributed by atoms with Crippen LogP contribution in [0.2, 0.25) is 0 Å². The summed E-state index contributed by atoms with van der Waals surface area (Å²) in [5.74, 6) is -6.75. The molecule has 0 fully saturated rings. The van der Waals surface area contributed by atoms with Gasteiger partial charge in [0.05, 0.1) is 18.9 Å². The van der Waals surface area contributed by atoms with Crippen LogP contribution in [0, 0.1) is 0 Å².